The summed E-state index contributed by atoms with van der Waals surface area (Å²) < 4.78 is 15.2. The minimum absolute atomic E-state index is 0.0328. The topological polar surface area (TPSA) is 66.3 Å². The van der Waals surface area contributed by atoms with Crippen molar-refractivity contribution < 1.29 is 14.3 Å². The molecule has 170 valence electrons. The van der Waals surface area contributed by atoms with Crippen molar-refractivity contribution in [1.82, 2.24) is 9.97 Å². The van der Waals surface area contributed by atoms with Crippen LogP contribution >= 0.6 is 11.3 Å². The number of anilines is 1. The Labute approximate surface area is 200 Å². The molecule has 2 aliphatic rings. The van der Waals surface area contributed by atoms with Crippen molar-refractivity contribution in [2.24, 2.45) is 0 Å². The van der Waals surface area contributed by atoms with E-state index < -0.39 is 5.97 Å². The molecule has 0 spiro atoms. The van der Waals surface area contributed by atoms with Gasteiger partial charge in [0.15, 0.2) is 0 Å². The number of rotatable bonds is 8. The molecule has 2 aliphatic carbocycles. The first kappa shape index (κ1) is 21.0. The van der Waals surface area contributed by atoms with Crippen LogP contribution < -0.4 is 4.90 Å². The maximum atomic E-state index is 15.2. The molecule has 0 aliphatic heterocycles. The number of hydrogen-bond donors (Lipinski definition) is 1. The zero-order valence-corrected chi connectivity index (χ0v) is 19.1. The highest BCUT2D eigenvalue weighted by atomic mass is 32.1. The van der Waals surface area contributed by atoms with E-state index in [4.69, 9.17) is 10.1 Å². The second-order valence-corrected chi connectivity index (χ2v) is 9.82. The van der Waals surface area contributed by atoms with Gasteiger partial charge in [-0.1, -0.05) is 53.8 Å². The molecule has 0 saturated heterocycles. The molecule has 1 N–H and O–H groups in total. The number of carbonyl (C=O) groups is 1. The van der Waals surface area contributed by atoms with Crippen molar-refractivity contribution in [3.05, 3.63) is 89.9 Å². The van der Waals surface area contributed by atoms with E-state index in [0.717, 1.165) is 34.6 Å². The molecule has 0 radical (unpaired) electrons. The molecule has 0 atom stereocenters. The minimum atomic E-state index is -0.848. The summed E-state index contributed by atoms with van der Waals surface area (Å²) in [4.78, 5) is 23.3. The lowest BCUT2D eigenvalue weighted by atomic mass is 9.89. The molecular weight excluding hydrogens is 449 g/mol. The van der Waals surface area contributed by atoms with E-state index in [1.54, 1.807) is 6.07 Å². The summed E-state index contributed by atoms with van der Waals surface area (Å²) in [7, 11) is 0. The molecular formula is C27H22FN3O2S. The second-order valence-electron chi connectivity index (χ2n) is 8.84. The fourth-order valence-corrected chi connectivity index (χ4v) is 5.42. The Morgan fingerprint density at radius 1 is 1.09 bits per heavy atom. The number of fused-ring (bicyclic) bond motifs is 1. The van der Waals surface area contributed by atoms with Gasteiger partial charge in [-0.05, 0) is 48.7 Å². The predicted octanol–water partition coefficient (Wildman–Crippen LogP) is 5.80. The molecule has 2 aromatic heterocycles. The lowest BCUT2D eigenvalue weighted by molar-refractivity contribution is -0.136. The summed E-state index contributed by atoms with van der Waals surface area (Å²) in [6.07, 6.45) is 6.34. The number of allylic oxidation sites excluding steroid dienone is 2. The third kappa shape index (κ3) is 3.76. The van der Waals surface area contributed by atoms with E-state index in [-0.39, 0.29) is 17.7 Å². The molecule has 2 aromatic carbocycles. The third-order valence-electron chi connectivity index (χ3n) is 6.50. The molecule has 1 fully saturated rings. The fourth-order valence-electron chi connectivity index (χ4n) is 4.45. The van der Waals surface area contributed by atoms with Gasteiger partial charge in [-0.3, -0.25) is 4.79 Å². The highest BCUT2D eigenvalue weighted by Crippen LogP contribution is 2.45. The highest BCUT2D eigenvalue weighted by Gasteiger charge is 2.39. The van der Waals surface area contributed by atoms with E-state index in [1.807, 2.05) is 41.3 Å². The molecule has 7 heteroatoms. The Balaban J connectivity index is 1.30. The number of aliphatic carboxylic acids is 1. The molecule has 4 aromatic rings. The number of carboxylic acid groups (broad SMARTS) is 1. The van der Waals surface area contributed by atoms with Gasteiger partial charge in [-0.15, -0.1) is 0 Å². The Bertz CT molecular complexity index is 1420. The van der Waals surface area contributed by atoms with Crippen LogP contribution in [0.3, 0.4) is 0 Å². The van der Waals surface area contributed by atoms with Crippen molar-refractivity contribution in [3.8, 4) is 10.6 Å². The number of aromatic nitrogens is 2. The first-order valence-electron chi connectivity index (χ1n) is 11.4. The first-order valence-corrected chi connectivity index (χ1v) is 12.2. The molecule has 5 nitrogen and oxygen atoms in total. The van der Waals surface area contributed by atoms with E-state index in [1.165, 1.54) is 23.0 Å². The summed E-state index contributed by atoms with van der Waals surface area (Å²) in [6, 6.07) is 19.6. The van der Waals surface area contributed by atoms with Crippen LogP contribution in [0.1, 0.15) is 30.5 Å². The molecule has 34 heavy (non-hydrogen) atoms. The van der Waals surface area contributed by atoms with Gasteiger partial charge in [0.2, 0.25) is 0 Å². The van der Waals surface area contributed by atoms with Crippen molar-refractivity contribution >= 4 is 33.3 Å². The van der Waals surface area contributed by atoms with Crippen LogP contribution in [0.15, 0.2) is 72.8 Å². The molecule has 0 amide bonds. The lowest BCUT2D eigenvalue weighted by Crippen LogP contribution is -2.28. The van der Waals surface area contributed by atoms with Gasteiger partial charge >= 0.3 is 5.97 Å². The Kier molecular flexibility index (Phi) is 4.95. The van der Waals surface area contributed by atoms with Crippen molar-refractivity contribution in [2.75, 3.05) is 11.4 Å². The van der Waals surface area contributed by atoms with Crippen LogP contribution in [-0.2, 0) is 10.2 Å². The molecule has 6 rings (SSSR count). The van der Waals surface area contributed by atoms with Crippen LogP contribution in [0.2, 0.25) is 0 Å². The largest absolute Gasteiger partial charge is 0.481 e. The van der Waals surface area contributed by atoms with Crippen LogP contribution in [0, 0.1) is 5.82 Å². The summed E-state index contributed by atoms with van der Waals surface area (Å²) in [5, 5.41) is 9.64. The van der Waals surface area contributed by atoms with Crippen LogP contribution in [0.25, 0.3) is 20.9 Å². The van der Waals surface area contributed by atoms with Gasteiger partial charge in [0.05, 0.1) is 17.5 Å². The number of hydrogen-bond acceptors (Lipinski definition) is 5. The minimum Gasteiger partial charge on any atom is -0.481 e. The summed E-state index contributed by atoms with van der Waals surface area (Å²) >= 11 is 1.38. The Morgan fingerprint density at radius 3 is 2.56 bits per heavy atom. The molecule has 1 saturated carbocycles. The summed E-state index contributed by atoms with van der Waals surface area (Å²) in [5.41, 5.74) is 3.75. The van der Waals surface area contributed by atoms with Gasteiger partial charge in [0.1, 0.15) is 21.2 Å². The number of pyridine rings is 1. The van der Waals surface area contributed by atoms with Crippen molar-refractivity contribution in [1.29, 1.82) is 0 Å². The van der Waals surface area contributed by atoms with Crippen LogP contribution in [-0.4, -0.2) is 33.6 Å². The SMILES string of the molecule is O=C(O)CCN(c1ccc(-c2nc3ccc(C4(c5ccccc5)C=C4)nc3s2)c(F)c1)C1CC1. The van der Waals surface area contributed by atoms with Gasteiger partial charge < -0.3 is 10.0 Å². The first-order chi connectivity index (χ1) is 16.5. The van der Waals surface area contributed by atoms with Crippen molar-refractivity contribution in [2.45, 2.75) is 30.7 Å². The van der Waals surface area contributed by atoms with Crippen LogP contribution in [0.4, 0.5) is 10.1 Å². The molecule has 0 unspecified atom stereocenters. The average Bonchev–Trinajstić information content (AvgIpc) is 3.77. The van der Waals surface area contributed by atoms with Gasteiger partial charge in [0.25, 0.3) is 0 Å². The number of benzene rings is 2. The van der Waals surface area contributed by atoms with E-state index in [9.17, 15) is 4.79 Å². The number of carboxylic acids is 1. The van der Waals surface area contributed by atoms with E-state index in [2.05, 4.69) is 29.3 Å². The van der Waals surface area contributed by atoms with E-state index >= 15 is 4.39 Å². The number of nitrogens with zero attached hydrogens (tertiary/aromatic N) is 3. The maximum absolute atomic E-state index is 15.2. The zero-order chi connectivity index (χ0) is 23.3. The van der Waals surface area contributed by atoms with Gasteiger partial charge in [-0.25, -0.2) is 14.4 Å². The standard InChI is InChI=1S/C27H22FN3O2S/c28-21-16-19(31(18-6-7-18)15-12-24(32)33)8-9-20(21)25-29-22-10-11-23(30-26(22)34-25)27(13-14-27)17-4-2-1-3-5-17/h1-5,8-11,13-14,16,18H,6-7,12,15H2,(H,32,33). The number of halogens is 1. The van der Waals surface area contributed by atoms with E-state index in [0.29, 0.717) is 23.2 Å². The normalized spacial score (nSPS) is 16.0. The van der Waals surface area contributed by atoms with Crippen LogP contribution in [0.5, 0.6) is 0 Å². The third-order valence-corrected chi connectivity index (χ3v) is 7.50. The Hall–Kier alpha value is -3.58. The predicted molar refractivity (Wildman–Crippen MR) is 132 cm³/mol. The average molecular weight is 472 g/mol. The summed E-state index contributed by atoms with van der Waals surface area (Å²) in [6.45, 7) is 0.379. The maximum Gasteiger partial charge on any atom is 0.305 e. The summed E-state index contributed by atoms with van der Waals surface area (Å²) in [5.74, 6) is -1.21. The quantitative estimate of drug-likeness (QED) is 0.329. The van der Waals surface area contributed by atoms with Gasteiger partial charge in [0, 0.05) is 23.8 Å². The van der Waals surface area contributed by atoms with Crippen molar-refractivity contribution in [3.63, 3.8) is 0 Å². The highest BCUT2D eigenvalue weighted by molar-refractivity contribution is 7.21. The second kappa shape index (κ2) is 8.02. The lowest BCUT2D eigenvalue weighted by Gasteiger charge is -2.24. The smallest absolute Gasteiger partial charge is 0.305 e. The molecule has 0 bridgehead atoms. The fraction of sp³-hybridized carbons (Fsp3) is 0.222. The Morgan fingerprint density at radius 2 is 1.88 bits per heavy atom. The molecule has 2 heterocycles. The van der Waals surface area contributed by atoms with Gasteiger partial charge in [-0.2, -0.15) is 0 Å². The monoisotopic (exact) mass is 471 g/mol. The number of thiazole rings is 1. The zero-order valence-electron chi connectivity index (χ0n) is 18.3.